The van der Waals surface area contributed by atoms with Crippen molar-refractivity contribution in [2.75, 3.05) is 16.8 Å². The first kappa shape index (κ1) is 18.1. The second kappa shape index (κ2) is 6.04. The lowest BCUT2D eigenvalue weighted by Gasteiger charge is -2.36. The highest BCUT2D eigenvalue weighted by Gasteiger charge is 2.74. The topological polar surface area (TPSA) is 69.7 Å². The fourth-order valence-corrected chi connectivity index (χ4v) is 6.73. The minimum absolute atomic E-state index is 0.0983. The van der Waals surface area contributed by atoms with Crippen molar-refractivity contribution in [1.29, 1.82) is 0 Å². The highest BCUT2D eigenvalue weighted by molar-refractivity contribution is 6.26. The number of hydrogen-bond donors (Lipinski definition) is 1. The van der Waals surface area contributed by atoms with Gasteiger partial charge in [0.25, 0.3) is 0 Å². The zero-order valence-electron chi connectivity index (χ0n) is 17.3. The molecule has 4 unspecified atom stereocenters. The number of fused-ring (bicyclic) bond motifs is 8. The molecule has 1 spiro atoms. The van der Waals surface area contributed by atoms with Crippen LogP contribution in [0.3, 0.4) is 0 Å². The maximum Gasteiger partial charge on any atom is 0.250 e. The molecular formula is C26H21N3O3. The SMILES string of the molecule is O=C1C2C3CCCN3C3(C(=O)Nc4ccccc43)C2C(=O)N1c1ccc2ccccc2c1. The third-order valence-electron chi connectivity index (χ3n) is 7.89. The van der Waals surface area contributed by atoms with Crippen LogP contribution in [0.2, 0.25) is 0 Å². The summed E-state index contributed by atoms with van der Waals surface area (Å²) in [4.78, 5) is 44.8. The van der Waals surface area contributed by atoms with Crippen LogP contribution < -0.4 is 10.2 Å². The van der Waals surface area contributed by atoms with Crippen LogP contribution in [0.15, 0.2) is 66.7 Å². The number of imide groups is 1. The van der Waals surface area contributed by atoms with Crippen LogP contribution in [0.4, 0.5) is 11.4 Å². The van der Waals surface area contributed by atoms with Gasteiger partial charge in [-0.05, 0) is 48.4 Å². The summed E-state index contributed by atoms with van der Waals surface area (Å²) in [5.74, 6) is -1.85. The lowest BCUT2D eigenvalue weighted by molar-refractivity contribution is -0.135. The van der Waals surface area contributed by atoms with Crippen LogP contribution in [0.5, 0.6) is 0 Å². The minimum atomic E-state index is -1.11. The number of carbonyl (C=O) groups is 3. The molecular weight excluding hydrogens is 402 g/mol. The normalized spacial score (nSPS) is 30.8. The van der Waals surface area contributed by atoms with Gasteiger partial charge >= 0.3 is 0 Å². The molecule has 32 heavy (non-hydrogen) atoms. The first-order valence-corrected chi connectivity index (χ1v) is 11.2. The largest absolute Gasteiger partial charge is 0.324 e. The predicted molar refractivity (Wildman–Crippen MR) is 120 cm³/mol. The molecule has 158 valence electrons. The molecule has 4 heterocycles. The molecule has 1 N–H and O–H groups in total. The lowest BCUT2D eigenvalue weighted by Crippen LogP contribution is -2.54. The molecule has 3 aromatic carbocycles. The number of benzene rings is 3. The summed E-state index contributed by atoms with van der Waals surface area (Å²) in [6, 6.07) is 21.1. The highest BCUT2D eigenvalue weighted by Crippen LogP contribution is 2.60. The number of amides is 3. The number of para-hydroxylation sites is 1. The molecule has 0 aromatic heterocycles. The van der Waals surface area contributed by atoms with Crippen LogP contribution in [0.25, 0.3) is 10.8 Å². The molecule has 0 radical (unpaired) electrons. The van der Waals surface area contributed by atoms with Crippen LogP contribution in [-0.4, -0.2) is 35.2 Å². The second-order valence-corrected chi connectivity index (χ2v) is 9.22. The number of nitrogens with zero attached hydrogens (tertiary/aromatic N) is 2. The van der Waals surface area contributed by atoms with E-state index >= 15 is 0 Å². The van der Waals surface area contributed by atoms with Gasteiger partial charge in [0.1, 0.15) is 5.54 Å². The Balaban J connectivity index is 1.42. The molecule has 3 saturated heterocycles. The Morgan fingerprint density at radius 2 is 1.66 bits per heavy atom. The van der Waals surface area contributed by atoms with Gasteiger partial charge in [-0.2, -0.15) is 0 Å². The van der Waals surface area contributed by atoms with Gasteiger partial charge in [0.05, 0.1) is 17.5 Å². The zero-order valence-corrected chi connectivity index (χ0v) is 17.3. The van der Waals surface area contributed by atoms with Gasteiger partial charge in [-0.25, -0.2) is 4.90 Å². The van der Waals surface area contributed by atoms with Crippen molar-refractivity contribution in [3.8, 4) is 0 Å². The quantitative estimate of drug-likeness (QED) is 0.610. The average Bonchev–Trinajstić information content (AvgIpc) is 3.51. The molecule has 3 aromatic rings. The maximum absolute atomic E-state index is 14.0. The van der Waals surface area contributed by atoms with Crippen LogP contribution in [0, 0.1) is 11.8 Å². The third-order valence-corrected chi connectivity index (χ3v) is 7.89. The fraction of sp³-hybridized carbons (Fsp3) is 0.269. The van der Waals surface area contributed by atoms with E-state index in [9.17, 15) is 14.4 Å². The van der Waals surface area contributed by atoms with E-state index in [1.165, 1.54) is 4.90 Å². The molecule has 6 heteroatoms. The van der Waals surface area contributed by atoms with Crippen LogP contribution in [0.1, 0.15) is 18.4 Å². The molecule has 0 aliphatic carbocycles. The van der Waals surface area contributed by atoms with Crippen molar-refractivity contribution in [2.24, 2.45) is 11.8 Å². The van der Waals surface area contributed by atoms with E-state index in [1.807, 2.05) is 66.7 Å². The number of carbonyl (C=O) groups excluding carboxylic acids is 3. The molecule has 3 amide bonds. The van der Waals surface area contributed by atoms with Crippen molar-refractivity contribution < 1.29 is 14.4 Å². The molecule has 6 nitrogen and oxygen atoms in total. The van der Waals surface area contributed by atoms with E-state index in [0.717, 1.165) is 41.4 Å². The summed E-state index contributed by atoms with van der Waals surface area (Å²) >= 11 is 0. The molecule has 4 aliphatic heterocycles. The van der Waals surface area contributed by atoms with Gasteiger partial charge in [-0.15, -0.1) is 0 Å². The van der Waals surface area contributed by atoms with E-state index in [1.54, 1.807) is 0 Å². The summed E-state index contributed by atoms with van der Waals surface area (Å²) < 4.78 is 0. The van der Waals surface area contributed by atoms with Crippen molar-refractivity contribution in [2.45, 2.75) is 24.4 Å². The molecule has 7 rings (SSSR count). The van der Waals surface area contributed by atoms with Gasteiger partial charge in [0.2, 0.25) is 17.7 Å². The summed E-state index contributed by atoms with van der Waals surface area (Å²) in [5.41, 5.74) is 1.04. The Bertz CT molecular complexity index is 1350. The van der Waals surface area contributed by atoms with Gasteiger partial charge in [-0.1, -0.05) is 48.5 Å². The maximum atomic E-state index is 14.0. The van der Waals surface area contributed by atoms with Gasteiger partial charge in [0.15, 0.2) is 0 Å². The first-order valence-electron chi connectivity index (χ1n) is 11.2. The lowest BCUT2D eigenvalue weighted by atomic mass is 9.75. The van der Waals surface area contributed by atoms with Gasteiger partial charge in [0, 0.05) is 17.3 Å². The molecule has 4 aliphatic rings. The Kier molecular flexibility index (Phi) is 3.42. The predicted octanol–water partition coefficient (Wildman–Crippen LogP) is 3.27. The van der Waals surface area contributed by atoms with E-state index in [4.69, 9.17) is 0 Å². The summed E-state index contributed by atoms with van der Waals surface area (Å²) in [6.07, 6.45) is 1.74. The highest BCUT2D eigenvalue weighted by atomic mass is 16.2. The standard InChI is InChI=1S/C26H21N3O3/c30-23-21-20-10-5-13-28(20)26(18-8-3-4-9-19(18)27-25(26)32)22(21)24(31)29(23)17-12-11-15-6-1-2-7-16(15)14-17/h1-4,6-9,11-12,14,20-22H,5,10,13H2,(H,27,32). The van der Waals surface area contributed by atoms with Crippen LogP contribution in [-0.2, 0) is 19.9 Å². The Hall–Kier alpha value is -3.51. The van der Waals surface area contributed by atoms with E-state index < -0.39 is 17.4 Å². The van der Waals surface area contributed by atoms with Crippen LogP contribution >= 0.6 is 0 Å². The number of hydrogen-bond acceptors (Lipinski definition) is 4. The molecule has 4 atom stereocenters. The van der Waals surface area contributed by atoms with Gasteiger partial charge < -0.3 is 5.32 Å². The summed E-state index contributed by atoms with van der Waals surface area (Å²) in [7, 11) is 0. The second-order valence-electron chi connectivity index (χ2n) is 9.22. The molecule has 3 fully saturated rings. The molecule has 0 saturated carbocycles. The Morgan fingerprint density at radius 3 is 2.53 bits per heavy atom. The Labute approximate surface area is 184 Å². The third kappa shape index (κ3) is 1.97. The Morgan fingerprint density at radius 1 is 0.875 bits per heavy atom. The number of nitrogens with one attached hydrogen (secondary N) is 1. The van der Waals surface area contributed by atoms with Gasteiger partial charge in [-0.3, -0.25) is 19.3 Å². The van der Waals surface area contributed by atoms with Crippen molar-refractivity contribution in [3.05, 3.63) is 72.3 Å². The van der Waals surface area contributed by atoms with E-state index in [0.29, 0.717) is 5.69 Å². The summed E-state index contributed by atoms with van der Waals surface area (Å²) in [6.45, 7) is 0.718. The first-order chi connectivity index (χ1) is 15.6. The van der Waals surface area contributed by atoms with Crippen molar-refractivity contribution in [1.82, 2.24) is 4.90 Å². The number of anilines is 2. The molecule has 0 bridgehead atoms. The zero-order chi connectivity index (χ0) is 21.6. The van der Waals surface area contributed by atoms with E-state index in [-0.39, 0.29) is 23.8 Å². The summed E-state index contributed by atoms with van der Waals surface area (Å²) in [5, 5.41) is 5.04. The minimum Gasteiger partial charge on any atom is -0.324 e. The van der Waals surface area contributed by atoms with Crippen molar-refractivity contribution in [3.63, 3.8) is 0 Å². The smallest absolute Gasteiger partial charge is 0.250 e. The van der Waals surface area contributed by atoms with Crippen molar-refractivity contribution >= 4 is 39.9 Å². The van der Waals surface area contributed by atoms with E-state index in [2.05, 4.69) is 10.2 Å². The number of rotatable bonds is 1. The average molecular weight is 423 g/mol. The fourth-order valence-electron chi connectivity index (χ4n) is 6.73. The monoisotopic (exact) mass is 423 g/mol.